The van der Waals surface area contributed by atoms with Gasteiger partial charge in [-0.25, -0.2) is 4.79 Å². The molecule has 4 nitrogen and oxygen atoms in total. The summed E-state index contributed by atoms with van der Waals surface area (Å²) in [5.41, 5.74) is 2.25. The Morgan fingerprint density at radius 1 is 1.04 bits per heavy atom. The first-order valence-electron chi connectivity index (χ1n) is 8.25. The van der Waals surface area contributed by atoms with E-state index in [0.29, 0.717) is 11.1 Å². The molecule has 1 N–H and O–H groups in total. The Morgan fingerprint density at radius 2 is 1.64 bits per heavy atom. The molecular formula is C21H24O4. The third-order valence-corrected chi connectivity index (χ3v) is 4.15. The Labute approximate surface area is 148 Å². The molecule has 132 valence electrons. The highest BCUT2D eigenvalue weighted by molar-refractivity contribution is 6.02. The highest BCUT2D eigenvalue weighted by Gasteiger charge is 2.23. The molecule has 1 atom stereocenters. The van der Waals surface area contributed by atoms with Crippen molar-refractivity contribution in [3.63, 3.8) is 0 Å². The maximum atomic E-state index is 12.5. The minimum atomic E-state index is -0.937. The zero-order chi connectivity index (χ0) is 18.8. The highest BCUT2D eigenvalue weighted by atomic mass is 16.5. The number of carbonyl (C=O) groups excluding carboxylic acids is 2. The lowest BCUT2D eigenvalue weighted by atomic mass is 9.86. The number of Topliss-reactive ketones (excluding diaryl/α,β-unsaturated/α-hetero) is 1. The van der Waals surface area contributed by atoms with Crippen LogP contribution in [-0.4, -0.2) is 23.0 Å². The van der Waals surface area contributed by atoms with Crippen molar-refractivity contribution >= 4 is 11.8 Å². The zero-order valence-electron chi connectivity index (χ0n) is 15.3. The number of ketones is 1. The summed E-state index contributed by atoms with van der Waals surface area (Å²) >= 11 is 0. The second kappa shape index (κ2) is 7.09. The van der Waals surface area contributed by atoms with E-state index in [1.54, 1.807) is 31.2 Å². The van der Waals surface area contributed by atoms with Crippen LogP contribution in [0.2, 0.25) is 0 Å². The van der Waals surface area contributed by atoms with Gasteiger partial charge in [0.05, 0.1) is 0 Å². The predicted molar refractivity (Wildman–Crippen MR) is 97.2 cm³/mol. The molecule has 0 fully saturated rings. The van der Waals surface area contributed by atoms with E-state index in [1.807, 2.05) is 12.1 Å². The van der Waals surface area contributed by atoms with Gasteiger partial charge in [-0.3, -0.25) is 4.79 Å². The molecule has 0 unspecified atom stereocenters. The fourth-order valence-corrected chi connectivity index (χ4v) is 2.47. The van der Waals surface area contributed by atoms with Gasteiger partial charge >= 0.3 is 5.97 Å². The van der Waals surface area contributed by atoms with Crippen molar-refractivity contribution in [3.05, 3.63) is 64.7 Å². The van der Waals surface area contributed by atoms with Gasteiger partial charge in [0.15, 0.2) is 6.10 Å². The van der Waals surface area contributed by atoms with Crippen LogP contribution in [0.25, 0.3) is 0 Å². The van der Waals surface area contributed by atoms with E-state index >= 15 is 0 Å². The number of hydrogen-bond donors (Lipinski definition) is 1. The van der Waals surface area contributed by atoms with Gasteiger partial charge in [0.25, 0.3) is 0 Å². The molecule has 2 aromatic rings. The largest absolute Gasteiger partial charge is 0.507 e. The first kappa shape index (κ1) is 18.7. The van der Waals surface area contributed by atoms with E-state index in [2.05, 4.69) is 20.8 Å². The van der Waals surface area contributed by atoms with Gasteiger partial charge < -0.3 is 9.84 Å². The number of esters is 1. The Morgan fingerprint density at radius 3 is 2.20 bits per heavy atom. The van der Waals surface area contributed by atoms with Crippen molar-refractivity contribution in [3.8, 4) is 5.75 Å². The Hall–Kier alpha value is -2.62. The zero-order valence-corrected chi connectivity index (χ0v) is 15.3. The summed E-state index contributed by atoms with van der Waals surface area (Å²) in [4.78, 5) is 24.7. The Kier molecular flexibility index (Phi) is 5.31. The lowest BCUT2D eigenvalue weighted by Gasteiger charge is -2.19. The number of aryl methyl sites for hydroxylation is 1. The fourth-order valence-electron chi connectivity index (χ4n) is 2.47. The van der Waals surface area contributed by atoms with Crippen molar-refractivity contribution < 1.29 is 19.4 Å². The molecule has 0 saturated carbocycles. The number of aromatic hydroxyl groups is 1. The average Bonchev–Trinajstić information content (AvgIpc) is 2.55. The van der Waals surface area contributed by atoms with E-state index < -0.39 is 12.1 Å². The summed E-state index contributed by atoms with van der Waals surface area (Å²) in [6, 6.07) is 12.1. The molecule has 25 heavy (non-hydrogen) atoms. The van der Waals surface area contributed by atoms with Crippen LogP contribution in [0.15, 0.2) is 42.5 Å². The van der Waals surface area contributed by atoms with E-state index in [-0.39, 0.29) is 22.5 Å². The van der Waals surface area contributed by atoms with Gasteiger partial charge in [-0.05, 0) is 36.5 Å². The standard InChI is InChI=1S/C21H24O4/c1-13-7-6-8-17(18(13)22)20(24)25-14(2)19(23)15-9-11-16(12-10-15)21(3,4)5/h6-12,14,22H,1-5H3/t14-/m0/s1. The van der Waals surface area contributed by atoms with Gasteiger partial charge in [0.2, 0.25) is 5.78 Å². The number of phenols is 1. The van der Waals surface area contributed by atoms with Crippen molar-refractivity contribution in [2.45, 2.75) is 46.1 Å². The maximum Gasteiger partial charge on any atom is 0.342 e. The van der Waals surface area contributed by atoms with Crippen molar-refractivity contribution in [1.82, 2.24) is 0 Å². The van der Waals surface area contributed by atoms with Crippen LogP contribution in [-0.2, 0) is 10.2 Å². The second-order valence-electron chi connectivity index (χ2n) is 7.21. The van der Waals surface area contributed by atoms with Gasteiger partial charge in [-0.2, -0.15) is 0 Å². The van der Waals surface area contributed by atoms with Gasteiger partial charge in [0.1, 0.15) is 11.3 Å². The van der Waals surface area contributed by atoms with Gasteiger partial charge in [-0.1, -0.05) is 57.2 Å². The molecule has 4 heteroatoms. The first-order chi connectivity index (χ1) is 11.6. The lowest BCUT2D eigenvalue weighted by Crippen LogP contribution is -2.24. The molecule has 0 aromatic heterocycles. The molecule has 0 aliphatic carbocycles. The molecule has 0 aliphatic heterocycles. The quantitative estimate of drug-likeness (QED) is 0.661. The number of para-hydroxylation sites is 1. The summed E-state index contributed by atoms with van der Waals surface area (Å²) in [5, 5.41) is 9.96. The third-order valence-electron chi connectivity index (χ3n) is 4.15. The van der Waals surface area contributed by atoms with Crippen molar-refractivity contribution in [2.24, 2.45) is 0 Å². The Balaban J connectivity index is 2.12. The van der Waals surface area contributed by atoms with Gasteiger partial charge in [0, 0.05) is 5.56 Å². The van der Waals surface area contributed by atoms with Crippen molar-refractivity contribution in [1.29, 1.82) is 0 Å². The van der Waals surface area contributed by atoms with Crippen LogP contribution in [0.3, 0.4) is 0 Å². The van der Waals surface area contributed by atoms with Crippen LogP contribution in [0.4, 0.5) is 0 Å². The Bertz CT molecular complexity index is 783. The first-order valence-corrected chi connectivity index (χ1v) is 8.25. The number of benzene rings is 2. The summed E-state index contributed by atoms with van der Waals surface area (Å²) in [6.07, 6.45) is -0.937. The molecular weight excluding hydrogens is 316 g/mol. The molecule has 0 aliphatic rings. The number of rotatable bonds is 4. The summed E-state index contributed by atoms with van der Waals surface area (Å²) in [5.74, 6) is -1.11. The van der Waals surface area contributed by atoms with E-state index in [1.165, 1.54) is 13.0 Å². The van der Waals surface area contributed by atoms with Crippen LogP contribution in [0.1, 0.15) is 59.5 Å². The monoisotopic (exact) mass is 340 g/mol. The predicted octanol–water partition coefficient (Wildman–Crippen LogP) is 4.43. The smallest absolute Gasteiger partial charge is 0.342 e. The molecule has 0 saturated heterocycles. The average molecular weight is 340 g/mol. The van der Waals surface area contributed by atoms with Crippen LogP contribution in [0, 0.1) is 6.92 Å². The molecule has 0 heterocycles. The molecule has 0 amide bonds. The summed E-state index contributed by atoms with van der Waals surface area (Å²) in [6.45, 7) is 9.52. The topological polar surface area (TPSA) is 63.6 Å². The van der Waals surface area contributed by atoms with E-state index in [9.17, 15) is 14.7 Å². The van der Waals surface area contributed by atoms with Crippen LogP contribution < -0.4 is 0 Å². The molecule has 2 aromatic carbocycles. The molecule has 0 spiro atoms. The molecule has 0 bridgehead atoms. The summed E-state index contributed by atoms with van der Waals surface area (Å²) in [7, 11) is 0. The summed E-state index contributed by atoms with van der Waals surface area (Å²) < 4.78 is 5.24. The van der Waals surface area contributed by atoms with E-state index in [0.717, 1.165) is 5.56 Å². The van der Waals surface area contributed by atoms with E-state index in [4.69, 9.17) is 4.74 Å². The third kappa shape index (κ3) is 4.27. The van der Waals surface area contributed by atoms with Crippen LogP contribution >= 0.6 is 0 Å². The SMILES string of the molecule is Cc1cccc(C(=O)O[C@@H](C)C(=O)c2ccc(C(C)(C)C)cc2)c1O. The maximum absolute atomic E-state index is 12.5. The molecule has 2 rings (SSSR count). The fraction of sp³-hybridized carbons (Fsp3) is 0.333. The van der Waals surface area contributed by atoms with Crippen molar-refractivity contribution in [2.75, 3.05) is 0 Å². The highest BCUT2D eigenvalue weighted by Crippen LogP contribution is 2.24. The second-order valence-corrected chi connectivity index (χ2v) is 7.21. The van der Waals surface area contributed by atoms with Gasteiger partial charge in [-0.15, -0.1) is 0 Å². The number of hydrogen-bond acceptors (Lipinski definition) is 4. The number of carbonyl (C=O) groups is 2. The normalized spacial score (nSPS) is 12.5. The lowest BCUT2D eigenvalue weighted by molar-refractivity contribution is 0.0316. The number of phenolic OH excluding ortho intramolecular Hbond substituents is 1. The molecule has 0 radical (unpaired) electrons. The minimum Gasteiger partial charge on any atom is -0.507 e. The minimum absolute atomic E-state index is 0.00234. The number of ether oxygens (including phenoxy) is 1. The van der Waals surface area contributed by atoms with Crippen LogP contribution in [0.5, 0.6) is 5.75 Å².